The molecular weight excluding hydrogens is 840 g/mol. The lowest BCUT2D eigenvalue weighted by Crippen LogP contribution is -2.21. The van der Waals surface area contributed by atoms with Crippen LogP contribution in [0.4, 0.5) is 33.6 Å². The van der Waals surface area contributed by atoms with Crippen molar-refractivity contribution in [3.8, 4) is 0 Å². The van der Waals surface area contributed by atoms with Gasteiger partial charge in [0.05, 0.1) is 52.9 Å². The van der Waals surface area contributed by atoms with Crippen molar-refractivity contribution < 1.29 is 99.9 Å². The molecule has 0 N–H and O–H groups in total. The Bertz CT molecular complexity index is 1060. The van der Waals surface area contributed by atoms with Gasteiger partial charge < -0.3 is 66.3 Å². The van der Waals surface area contributed by atoms with Crippen molar-refractivity contribution in [3.63, 3.8) is 0 Å². The molecule has 7 heterocycles. The number of rotatable bonds is 1. The minimum atomic E-state index is -0.560. The molecule has 21 heteroatoms. The fourth-order valence-electron chi connectivity index (χ4n) is 3.44. The Labute approximate surface area is 373 Å². The molecule has 7 saturated heterocycles. The van der Waals surface area contributed by atoms with Crippen molar-refractivity contribution in [3.05, 3.63) is 0 Å². The molecule has 0 radical (unpaired) electrons. The van der Waals surface area contributed by atoms with Gasteiger partial charge in [0, 0.05) is 12.8 Å². The summed E-state index contributed by atoms with van der Waals surface area (Å²) >= 11 is 0. The van der Waals surface area contributed by atoms with Crippen LogP contribution < -0.4 is 0 Å². The van der Waals surface area contributed by atoms with Crippen molar-refractivity contribution in [1.82, 2.24) is 0 Å². The Balaban J connectivity index is -0.000000312. The van der Waals surface area contributed by atoms with E-state index < -0.39 is 48.7 Å². The number of hydrogen-bond donors (Lipinski definition) is 0. The Hall–Kier alpha value is -5.11. The van der Waals surface area contributed by atoms with E-state index in [1.807, 2.05) is 34.6 Å². The van der Waals surface area contributed by atoms with Gasteiger partial charge in [0.1, 0.15) is 37.6 Å². The van der Waals surface area contributed by atoms with Crippen LogP contribution in [0.15, 0.2) is 0 Å². The Morgan fingerprint density at radius 3 is 0.857 bits per heavy atom. The Kier molecular flexibility index (Phi) is 47.5. The van der Waals surface area contributed by atoms with Crippen LogP contribution in [0, 0.1) is 0 Å². The number of carbonyl (C=O) groups excluding carboxylic acids is 7. The summed E-state index contributed by atoms with van der Waals surface area (Å²) in [5.74, 6) is 0. The molecule has 7 rings (SSSR count). The van der Waals surface area contributed by atoms with Crippen molar-refractivity contribution >= 4 is 43.1 Å². The normalized spacial score (nSPS) is 20.3. The van der Waals surface area contributed by atoms with Crippen LogP contribution in [0.2, 0.25) is 0 Å². The molecule has 0 aliphatic carbocycles. The van der Waals surface area contributed by atoms with Gasteiger partial charge >= 0.3 is 43.1 Å². The largest absolute Gasteiger partial charge is 0.509 e. The van der Waals surface area contributed by atoms with Crippen molar-refractivity contribution in [2.24, 2.45) is 0 Å². The number of hydrogen-bond acceptors (Lipinski definition) is 21. The average Bonchev–Trinajstić information content (AvgIpc) is 3.83. The van der Waals surface area contributed by atoms with Gasteiger partial charge in [0.15, 0.2) is 0 Å². The standard InChI is InChI=1S/4C5H8O3.3C4H6O3.2C3H8.2C2H6/c1-5(2)3-7-4(6)8-5;1-2-4-3-7-5(6)8-4;2*6-5-7-3-1-2-4-8-5;1-3-2-6-4(5)7-3;2*5-4-6-2-1-3-7-4;2*1-3-2;2*1-2/h3H2,1-2H3;4H,2-3H2,1H3;2*1-4H2;3H,2H2,1H3;2*1-3H2;2*3H2,1-2H3;2*1-2H3. The molecule has 0 spiro atoms. The van der Waals surface area contributed by atoms with Crippen LogP contribution in [0.25, 0.3) is 0 Å². The molecular formula is C42H78O21. The SMILES string of the molecule is CC.CC.CC1(C)COC(=O)O1.CC1COC(=O)O1.CCC.CCC.CCC1COC(=O)O1.O=C1OCCCCO1.O=C1OCCCCO1.O=C1OCCCO1.O=C1OCCCO1. The molecule has 7 fully saturated rings. The van der Waals surface area contributed by atoms with E-state index in [1.54, 1.807) is 20.8 Å². The molecule has 0 aromatic heterocycles. The Morgan fingerprint density at radius 1 is 0.413 bits per heavy atom. The molecule has 7 aliphatic rings. The molecule has 2 unspecified atom stereocenters. The highest BCUT2D eigenvalue weighted by molar-refractivity contribution is 5.63. The lowest BCUT2D eigenvalue weighted by Gasteiger charge is -2.09. The third kappa shape index (κ3) is 47.8. The van der Waals surface area contributed by atoms with Crippen LogP contribution >= 0.6 is 0 Å². The predicted octanol–water partition coefficient (Wildman–Crippen LogP) is 10.2. The summed E-state index contributed by atoms with van der Waals surface area (Å²) in [6, 6.07) is 0. The van der Waals surface area contributed by atoms with Gasteiger partial charge in [-0.15, -0.1) is 0 Å². The van der Waals surface area contributed by atoms with Crippen LogP contribution in [0.1, 0.15) is 141 Å². The molecule has 2 atom stereocenters. The Morgan fingerprint density at radius 2 is 0.714 bits per heavy atom. The first-order valence-corrected chi connectivity index (χ1v) is 21.8. The van der Waals surface area contributed by atoms with Crippen molar-refractivity contribution in [2.75, 3.05) is 72.7 Å². The van der Waals surface area contributed by atoms with Gasteiger partial charge in [0.25, 0.3) is 0 Å². The predicted molar refractivity (Wildman–Crippen MR) is 226 cm³/mol. The van der Waals surface area contributed by atoms with Crippen LogP contribution in [0.5, 0.6) is 0 Å². The summed E-state index contributed by atoms with van der Waals surface area (Å²) in [7, 11) is 0. The lowest BCUT2D eigenvalue weighted by atomic mass is 10.2. The smallest absolute Gasteiger partial charge is 0.434 e. The maximum atomic E-state index is 10.2. The van der Waals surface area contributed by atoms with Gasteiger partial charge in [-0.25, -0.2) is 33.6 Å². The van der Waals surface area contributed by atoms with Crippen LogP contribution in [-0.4, -0.2) is 134 Å². The lowest BCUT2D eigenvalue weighted by molar-refractivity contribution is 0.0184. The van der Waals surface area contributed by atoms with E-state index >= 15 is 0 Å². The van der Waals surface area contributed by atoms with E-state index in [1.165, 1.54) is 12.8 Å². The van der Waals surface area contributed by atoms with Crippen LogP contribution in [0.3, 0.4) is 0 Å². The van der Waals surface area contributed by atoms with Gasteiger partial charge in [0.2, 0.25) is 0 Å². The average molecular weight is 919 g/mol. The fourth-order valence-corrected chi connectivity index (χ4v) is 3.44. The first-order chi connectivity index (χ1) is 30.1. The summed E-state index contributed by atoms with van der Waals surface area (Å²) in [6.07, 6.45) is 4.87. The van der Waals surface area contributed by atoms with E-state index in [9.17, 15) is 33.6 Å². The molecule has 0 saturated carbocycles. The monoisotopic (exact) mass is 919 g/mol. The summed E-state index contributed by atoms with van der Waals surface area (Å²) in [5.41, 5.74) is -0.406. The quantitative estimate of drug-likeness (QED) is 0.175. The van der Waals surface area contributed by atoms with Gasteiger partial charge in [-0.1, -0.05) is 75.2 Å². The second-order valence-electron chi connectivity index (χ2n) is 12.9. The maximum absolute atomic E-state index is 10.2. The maximum Gasteiger partial charge on any atom is 0.509 e. The van der Waals surface area contributed by atoms with E-state index in [0.717, 1.165) is 44.9 Å². The molecule has 0 aromatic carbocycles. The topological polar surface area (TPSA) is 249 Å². The zero-order valence-electron chi connectivity index (χ0n) is 39.9. The summed E-state index contributed by atoms with van der Waals surface area (Å²) in [6.45, 7) is 29.1. The van der Waals surface area contributed by atoms with Crippen molar-refractivity contribution in [1.29, 1.82) is 0 Å². The fraction of sp³-hybridized carbons (Fsp3) is 0.833. The number of ether oxygens (including phenoxy) is 14. The summed E-state index contributed by atoms with van der Waals surface area (Å²) < 4.78 is 63.1. The summed E-state index contributed by atoms with van der Waals surface area (Å²) in [4.78, 5) is 70.9. The number of carbonyl (C=O) groups is 7. The van der Waals surface area contributed by atoms with Gasteiger partial charge in [-0.2, -0.15) is 0 Å². The third-order valence-corrected chi connectivity index (χ3v) is 6.15. The van der Waals surface area contributed by atoms with E-state index in [4.69, 9.17) is 0 Å². The highest BCUT2D eigenvalue weighted by Crippen LogP contribution is 2.17. The molecule has 372 valence electrons. The highest BCUT2D eigenvalue weighted by atomic mass is 16.8. The summed E-state index contributed by atoms with van der Waals surface area (Å²) in [5, 5.41) is 0. The first-order valence-electron chi connectivity index (χ1n) is 21.8. The minimum Gasteiger partial charge on any atom is -0.434 e. The van der Waals surface area contributed by atoms with Crippen molar-refractivity contribution in [2.45, 2.75) is 159 Å². The zero-order chi connectivity index (χ0) is 48.7. The van der Waals surface area contributed by atoms with Gasteiger partial charge in [-0.3, -0.25) is 0 Å². The second kappa shape index (κ2) is 46.4. The molecule has 21 nitrogen and oxygen atoms in total. The molecule has 0 bridgehead atoms. The first kappa shape index (κ1) is 64.5. The molecule has 63 heavy (non-hydrogen) atoms. The highest BCUT2D eigenvalue weighted by Gasteiger charge is 2.32. The van der Waals surface area contributed by atoms with Crippen LogP contribution in [-0.2, 0) is 66.3 Å². The van der Waals surface area contributed by atoms with E-state index in [2.05, 4.69) is 94.0 Å². The molecule has 0 aromatic rings. The molecule has 7 aliphatic heterocycles. The third-order valence-electron chi connectivity index (χ3n) is 6.15. The van der Waals surface area contributed by atoms with E-state index in [-0.39, 0.29) is 12.2 Å². The zero-order valence-corrected chi connectivity index (χ0v) is 39.9. The van der Waals surface area contributed by atoms with E-state index in [0.29, 0.717) is 72.7 Å². The van der Waals surface area contributed by atoms with Gasteiger partial charge in [-0.05, 0) is 52.9 Å². The second-order valence-corrected chi connectivity index (χ2v) is 12.9. The molecule has 0 amide bonds. The number of cyclic esters (lactones) is 14. The minimum absolute atomic E-state index is 0.00231.